The van der Waals surface area contributed by atoms with Crippen LogP contribution in [-0.4, -0.2) is 58.2 Å². The Bertz CT molecular complexity index is 617. The summed E-state index contributed by atoms with van der Waals surface area (Å²) in [5, 5.41) is 11.7. The molecule has 2 atom stereocenters. The summed E-state index contributed by atoms with van der Waals surface area (Å²) in [5.41, 5.74) is 2.55. The minimum atomic E-state index is -0.200. The summed E-state index contributed by atoms with van der Waals surface area (Å²) in [7, 11) is 0. The van der Waals surface area contributed by atoms with E-state index in [-0.39, 0.29) is 6.10 Å². The van der Waals surface area contributed by atoms with Crippen LogP contribution in [0.25, 0.3) is 10.9 Å². The zero-order valence-electron chi connectivity index (χ0n) is 12.3. The van der Waals surface area contributed by atoms with E-state index >= 15 is 0 Å². The van der Waals surface area contributed by atoms with Gasteiger partial charge in [0.1, 0.15) is 0 Å². The lowest BCUT2D eigenvalue weighted by Gasteiger charge is -2.25. The summed E-state index contributed by atoms with van der Waals surface area (Å²) in [6, 6.07) is 8.90. The second kappa shape index (κ2) is 5.44. The van der Waals surface area contributed by atoms with Gasteiger partial charge in [0.2, 0.25) is 0 Å². The van der Waals surface area contributed by atoms with Gasteiger partial charge >= 0.3 is 0 Å². The van der Waals surface area contributed by atoms with Crippen LogP contribution >= 0.6 is 0 Å². The summed E-state index contributed by atoms with van der Waals surface area (Å²) in [4.78, 5) is 8.14. The topological polar surface area (TPSA) is 42.5 Å². The molecule has 2 fully saturated rings. The van der Waals surface area contributed by atoms with Gasteiger partial charge in [-0.3, -0.25) is 9.80 Å². The predicted molar refractivity (Wildman–Crippen MR) is 84.2 cm³/mol. The summed E-state index contributed by atoms with van der Waals surface area (Å²) in [5.74, 6) is 0. The molecule has 3 heterocycles. The fraction of sp³-hybridized carbons (Fsp3) is 0.529. The third kappa shape index (κ3) is 2.48. The molecule has 0 bridgehead atoms. The molecule has 4 nitrogen and oxygen atoms in total. The van der Waals surface area contributed by atoms with E-state index in [9.17, 15) is 5.11 Å². The molecule has 4 heteroatoms. The van der Waals surface area contributed by atoms with Crippen molar-refractivity contribution in [3.05, 3.63) is 36.0 Å². The number of likely N-dealkylation sites (tertiary alicyclic amines) is 2. The number of aliphatic hydroxyl groups excluding tert-OH is 1. The highest BCUT2D eigenvalue weighted by molar-refractivity contribution is 5.82. The number of β-amino-alcohol motifs (C(OH)–C–C–N with tert-alkyl or cyclic N) is 1. The lowest BCUT2D eigenvalue weighted by atomic mass is 10.1. The zero-order chi connectivity index (χ0) is 14.2. The van der Waals surface area contributed by atoms with E-state index in [1.807, 2.05) is 6.20 Å². The van der Waals surface area contributed by atoms with Gasteiger partial charge in [-0.25, -0.2) is 0 Å². The average Bonchev–Trinajstić information content (AvgIpc) is 3.18. The van der Waals surface area contributed by atoms with Crippen molar-refractivity contribution in [3.8, 4) is 0 Å². The second-order valence-electron chi connectivity index (χ2n) is 6.43. The third-order valence-electron chi connectivity index (χ3n) is 5.02. The highest BCUT2D eigenvalue weighted by Crippen LogP contribution is 2.24. The Morgan fingerprint density at radius 3 is 2.86 bits per heavy atom. The van der Waals surface area contributed by atoms with Crippen LogP contribution in [0.15, 0.2) is 30.5 Å². The molecule has 1 aromatic heterocycles. The number of nitrogens with one attached hydrogen (secondary N) is 1. The van der Waals surface area contributed by atoms with Gasteiger partial charge in [0.05, 0.1) is 6.10 Å². The Morgan fingerprint density at radius 1 is 1.14 bits per heavy atom. The number of benzene rings is 1. The number of hydrogen-bond acceptors (Lipinski definition) is 3. The first kappa shape index (κ1) is 13.3. The number of aromatic nitrogens is 1. The second-order valence-corrected chi connectivity index (χ2v) is 6.43. The minimum absolute atomic E-state index is 0.200. The van der Waals surface area contributed by atoms with Crippen LogP contribution in [0.4, 0.5) is 0 Å². The zero-order valence-corrected chi connectivity index (χ0v) is 12.3. The Labute approximate surface area is 125 Å². The Morgan fingerprint density at radius 2 is 2.00 bits per heavy atom. The molecule has 1 aromatic carbocycles. The third-order valence-corrected chi connectivity index (χ3v) is 5.02. The fourth-order valence-electron chi connectivity index (χ4n) is 3.94. The summed E-state index contributed by atoms with van der Waals surface area (Å²) < 4.78 is 0. The maximum atomic E-state index is 10.4. The molecule has 2 saturated heterocycles. The van der Waals surface area contributed by atoms with Crippen LogP contribution in [0.3, 0.4) is 0 Å². The van der Waals surface area contributed by atoms with Crippen molar-refractivity contribution in [1.82, 2.24) is 14.8 Å². The smallest absolute Gasteiger partial charge is 0.0834 e. The van der Waals surface area contributed by atoms with Gasteiger partial charge in [-0.1, -0.05) is 12.1 Å². The molecule has 2 aromatic rings. The van der Waals surface area contributed by atoms with Gasteiger partial charge in [0.15, 0.2) is 0 Å². The van der Waals surface area contributed by atoms with Crippen LogP contribution in [0.2, 0.25) is 0 Å². The van der Waals surface area contributed by atoms with E-state index in [1.54, 1.807) is 0 Å². The molecule has 2 aliphatic rings. The van der Waals surface area contributed by atoms with E-state index < -0.39 is 0 Å². The Kier molecular flexibility index (Phi) is 3.45. The maximum absolute atomic E-state index is 10.4. The molecule has 2 aliphatic heterocycles. The lowest BCUT2D eigenvalue weighted by Crippen LogP contribution is -2.41. The molecule has 0 aliphatic carbocycles. The van der Waals surface area contributed by atoms with Crippen LogP contribution in [0.5, 0.6) is 0 Å². The molecule has 4 rings (SSSR count). The molecule has 2 N–H and O–H groups in total. The highest BCUT2D eigenvalue weighted by atomic mass is 16.3. The monoisotopic (exact) mass is 285 g/mol. The van der Waals surface area contributed by atoms with Crippen molar-refractivity contribution in [1.29, 1.82) is 0 Å². The van der Waals surface area contributed by atoms with E-state index in [0.717, 1.165) is 32.7 Å². The normalized spacial score (nSPS) is 27.9. The van der Waals surface area contributed by atoms with Crippen LogP contribution in [0, 0.1) is 0 Å². The van der Waals surface area contributed by atoms with Crippen molar-refractivity contribution in [3.63, 3.8) is 0 Å². The SMILES string of the molecule is O[C@H]1CN(Cc2cccc3[nH]ccc23)C[C@@H]1N1CCCC1. The van der Waals surface area contributed by atoms with Crippen molar-refractivity contribution >= 4 is 10.9 Å². The molecule has 112 valence electrons. The van der Waals surface area contributed by atoms with E-state index in [4.69, 9.17) is 0 Å². The molecular weight excluding hydrogens is 262 g/mol. The quantitative estimate of drug-likeness (QED) is 0.904. The number of aromatic amines is 1. The van der Waals surface area contributed by atoms with Crippen LogP contribution < -0.4 is 0 Å². The van der Waals surface area contributed by atoms with Gasteiger partial charge < -0.3 is 10.1 Å². The van der Waals surface area contributed by atoms with Crippen molar-refractivity contribution < 1.29 is 5.11 Å². The van der Waals surface area contributed by atoms with Gasteiger partial charge in [0, 0.05) is 42.8 Å². The first-order valence-electron chi connectivity index (χ1n) is 8.01. The molecule has 0 amide bonds. The predicted octanol–water partition coefficient (Wildman–Crippen LogP) is 1.81. The number of H-pyrrole nitrogens is 1. The number of hydrogen-bond donors (Lipinski definition) is 2. The van der Waals surface area contributed by atoms with Gasteiger partial charge in [-0.2, -0.15) is 0 Å². The van der Waals surface area contributed by atoms with Crippen molar-refractivity contribution in [2.45, 2.75) is 31.5 Å². The standard InChI is InChI=1S/C17H23N3O/c21-17-12-19(11-16(17)20-8-1-2-9-20)10-13-4-3-5-15-14(13)6-7-18-15/h3-7,16-18,21H,1-2,8-12H2/t16-,17-/m0/s1. The van der Waals surface area contributed by atoms with Crippen LogP contribution in [-0.2, 0) is 6.54 Å². The largest absolute Gasteiger partial charge is 0.390 e. The molecule has 0 saturated carbocycles. The number of nitrogens with zero attached hydrogens (tertiary/aromatic N) is 2. The first-order chi connectivity index (χ1) is 10.3. The minimum Gasteiger partial charge on any atom is -0.390 e. The summed E-state index contributed by atoms with van der Waals surface area (Å²) >= 11 is 0. The number of aliphatic hydroxyl groups is 1. The highest BCUT2D eigenvalue weighted by Gasteiger charge is 2.36. The van der Waals surface area contributed by atoms with E-state index in [1.165, 1.54) is 29.3 Å². The summed E-state index contributed by atoms with van der Waals surface area (Å²) in [6.07, 6.45) is 4.37. The average molecular weight is 285 g/mol. The fourth-order valence-corrected chi connectivity index (χ4v) is 3.94. The Balaban J connectivity index is 1.49. The maximum Gasteiger partial charge on any atom is 0.0834 e. The van der Waals surface area contributed by atoms with Gasteiger partial charge in [0.25, 0.3) is 0 Å². The summed E-state index contributed by atoms with van der Waals surface area (Å²) in [6.45, 7) is 5.02. The Hall–Kier alpha value is -1.36. The van der Waals surface area contributed by atoms with Gasteiger partial charge in [-0.05, 0) is 43.6 Å². The van der Waals surface area contributed by atoms with Crippen molar-refractivity contribution in [2.75, 3.05) is 26.2 Å². The van der Waals surface area contributed by atoms with Gasteiger partial charge in [-0.15, -0.1) is 0 Å². The van der Waals surface area contributed by atoms with E-state index in [2.05, 4.69) is 39.0 Å². The molecule has 0 radical (unpaired) electrons. The van der Waals surface area contributed by atoms with E-state index in [0.29, 0.717) is 6.04 Å². The number of fused-ring (bicyclic) bond motifs is 1. The molecule has 21 heavy (non-hydrogen) atoms. The van der Waals surface area contributed by atoms with Crippen molar-refractivity contribution in [2.24, 2.45) is 0 Å². The lowest BCUT2D eigenvalue weighted by molar-refractivity contribution is 0.0978. The molecule has 0 unspecified atom stereocenters. The first-order valence-corrected chi connectivity index (χ1v) is 8.01. The number of rotatable bonds is 3. The molecular formula is C17H23N3O. The molecule has 0 spiro atoms. The van der Waals surface area contributed by atoms with Crippen LogP contribution in [0.1, 0.15) is 18.4 Å².